The second-order valence-electron chi connectivity index (χ2n) is 5.82. The Morgan fingerprint density at radius 2 is 2.00 bits per heavy atom. The molecule has 0 radical (unpaired) electrons. The summed E-state index contributed by atoms with van der Waals surface area (Å²) in [6.45, 7) is 0.642. The van der Waals surface area contributed by atoms with Crippen molar-refractivity contribution in [3.8, 4) is 5.75 Å². The number of aryl methyl sites for hydroxylation is 1. The van der Waals surface area contributed by atoms with Gasteiger partial charge in [0.1, 0.15) is 10.1 Å². The van der Waals surface area contributed by atoms with Gasteiger partial charge in [0.2, 0.25) is 0 Å². The largest absolute Gasteiger partial charge is 0.496 e. The first-order valence-corrected chi connectivity index (χ1v) is 10.2. The highest BCUT2D eigenvalue weighted by Crippen LogP contribution is 2.34. The SMILES string of the molecule is COc1ccc(C=C2SC(=S)N(CCCc3ccccc3)C2=O)cc1Br. The minimum Gasteiger partial charge on any atom is -0.496 e. The molecule has 3 rings (SSSR count). The Morgan fingerprint density at radius 3 is 2.69 bits per heavy atom. The molecule has 0 saturated carbocycles. The van der Waals surface area contributed by atoms with E-state index in [9.17, 15) is 4.79 Å². The Bertz CT molecular complexity index is 852. The Labute approximate surface area is 171 Å². The molecule has 1 fully saturated rings. The highest BCUT2D eigenvalue weighted by atomic mass is 79.9. The summed E-state index contributed by atoms with van der Waals surface area (Å²) in [6, 6.07) is 16.0. The summed E-state index contributed by atoms with van der Waals surface area (Å²) >= 11 is 10.2. The van der Waals surface area contributed by atoms with Crippen LogP contribution in [0.2, 0.25) is 0 Å². The molecule has 6 heteroatoms. The fourth-order valence-electron chi connectivity index (χ4n) is 2.70. The minimum absolute atomic E-state index is 0.0139. The van der Waals surface area contributed by atoms with E-state index in [1.54, 1.807) is 12.0 Å². The second-order valence-corrected chi connectivity index (χ2v) is 8.35. The van der Waals surface area contributed by atoms with Crippen LogP contribution in [0.25, 0.3) is 6.08 Å². The van der Waals surface area contributed by atoms with E-state index in [4.69, 9.17) is 17.0 Å². The maximum atomic E-state index is 12.7. The Balaban J connectivity index is 1.65. The molecule has 0 aromatic heterocycles. The molecule has 1 aliphatic heterocycles. The van der Waals surface area contributed by atoms with Crippen LogP contribution in [0.1, 0.15) is 17.5 Å². The predicted octanol–water partition coefficient (Wildman–Crippen LogP) is 5.29. The molecule has 1 saturated heterocycles. The fourth-order valence-corrected chi connectivity index (χ4v) is 4.57. The number of thiocarbonyl (C=S) groups is 1. The molecule has 0 N–H and O–H groups in total. The summed E-state index contributed by atoms with van der Waals surface area (Å²) < 4.78 is 6.72. The average molecular weight is 448 g/mol. The number of thioether (sulfide) groups is 1. The third-order valence-corrected chi connectivity index (χ3v) is 6.03. The molecule has 1 aliphatic rings. The van der Waals surface area contributed by atoms with Crippen LogP contribution in [0, 0.1) is 0 Å². The van der Waals surface area contributed by atoms with E-state index in [0.717, 1.165) is 28.6 Å². The van der Waals surface area contributed by atoms with Crippen LogP contribution in [0.5, 0.6) is 5.75 Å². The zero-order valence-corrected chi connectivity index (χ0v) is 17.5. The number of carbonyl (C=O) groups is 1. The maximum absolute atomic E-state index is 12.7. The molecule has 2 aromatic carbocycles. The number of rotatable bonds is 6. The van der Waals surface area contributed by atoms with Gasteiger partial charge in [-0.2, -0.15) is 0 Å². The molecule has 0 spiro atoms. The number of carbonyl (C=O) groups excluding carboxylic acids is 1. The van der Waals surface area contributed by atoms with Gasteiger partial charge in [-0.3, -0.25) is 9.69 Å². The monoisotopic (exact) mass is 447 g/mol. The molecule has 0 bridgehead atoms. The van der Waals surface area contributed by atoms with Gasteiger partial charge in [0.25, 0.3) is 5.91 Å². The van der Waals surface area contributed by atoms with Crippen LogP contribution in [-0.2, 0) is 11.2 Å². The predicted molar refractivity (Wildman–Crippen MR) is 115 cm³/mol. The first-order valence-electron chi connectivity index (χ1n) is 8.21. The van der Waals surface area contributed by atoms with Gasteiger partial charge in [-0.05, 0) is 58.1 Å². The van der Waals surface area contributed by atoms with Crippen molar-refractivity contribution in [1.82, 2.24) is 4.90 Å². The summed E-state index contributed by atoms with van der Waals surface area (Å²) in [5.41, 5.74) is 2.21. The van der Waals surface area contributed by atoms with E-state index in [0.29, 0.717) is 15.8 Å². The number of amides is 1. The second kappa shape index (κ2) is 8.84. The van der Waals surface area contributed by atoms with Crippen molar-refractivity contribution < 1.29 is 9.53 Å². The van der Waals surface area contributed by atoms with Gasteiger partial charge < -0.3 is 4.74 Å². The molecule has 1 amide bonds. The van der Waals surface area contributed by atoms with Crippen molar-refractivity contribution in [2.24, 2.45) is 0 Å². The molecule has 3 nitrogen and oxygen atoms in total. The molecule has 0 atom stereocenters. The van der Waals surface area contributed by atoms with Gasteiger partial charge in [0, 0.05) is 6.54 Å². The van der Waals surface area contributed by atoms with Crippen LogP contribution < -0.4 is 4.74 Å². The van der Waals surface area contributed by atoms with E-state index in [-0.39, 0.29) is 5.91 Å². The van der Waals surface area contributed by atoms with Crippen LogP contribution in [0.15, 0.2) is 57.9 Å². The summed E-state index contributed by atoms with van der Waals surface area (Å²) in [6.07, 6.45) is 3.70. The molecule has 26 heavy (non-hydrogen) atoms. The third-order valence-electron chi connectivity index (χ3n) is 4.04. The lowest BCUT2D eigenvalue weighted by atomic mass is 10.1. The van der Waals surface area contributed by atoms with Crippen LogP contribution in [-0.4, -0.2) is 28.8 Å². The zero-order chi connectivity index (χ0) is 18.5. The molecular formula is C20H18BrNO2S2. The van der Waals surface area contributed by atoms with Crippen LogP contribution >= 0.6 is 39.9 Å². The third kappa shape index (κ3) is 4.55. The van der Waals surface area contributed by atoms with Crippen molar-refractivity contribution in [1.29, 1.82) is 0 Å². The van der Waals surface area contributed by atoms with E-state index in [1.807, 2.05) is 42.5 Å². The topological polar surface area (TPSA) is 29.5 Å². The van der Waals surface area contributed by atoms with E-state index in [2.05, 4.69) is 28.1 Å². The van der Waals surface area contributed by atoms with Gasteiger partial charge in [0.15, 0.2) is 0 Å². The summed E-state index contributed by atoms with van der Waals surface area (Å²) in [7, 11) is 1.63. The highest BCUT2D eigenvalue weighted by Gasteiger charge is 2.31. The standard InChI is InChI=1S/C20H18BrNO2S2/c1-24-17-10-9-15(12-16(17)21)13-18-19(23)22(20(25)26-18)11-5-8-14-6-3-2-4-7-14/h2-4,6-7,9-10,12-13H,5,8,11H2,1H3. The summed E-state index contributed by atoms with van der Waals surface area (Å²) in [5, 5.41) is 0. The molecule has 0 aliphatic carbocycles. The van der Waals surface area contributed by atoms with Crippen LogP contribution in [0.3, 0.4) is 0 Å². The van der Waals surface area contributed by atoms with Gasteiger partial charge >= 0.3 is 0 Å². The lowest BCUT2D eigenvalue weighted by Crippen LogP contribution is -2.29. The van der Waals surface area contributed by atoms with E-state index in [1.165, 1.54) is 17.3 Å². The van der Waals surface area contributed by atoms with E-state index < -0.39 is 0 Å². The first kappa shape index (κ1) is 19.1. The number of hydrogen-bond acceptors (Lipinski definition) is 4. The number of ether oxygens (including phenoxy) is 1. The van der Waals surface area contributed by atoms with Gasteiger partial charge in [0.05, 0.1) is 16.5 Å². The first-order chi connectivity index (χ1) is 12.6. The van der Waals surface area contributed by atoms with Crippen molar-refractivity contribution >= 4 is 56.2 Å². The number of nitrogens with zero attached hydrogens (tertiary/aromatic N) is 1. The van der Waals surface area contributed by atoms with Crippen molar-refractivity contribution in [2.75, 3.05) is 13.7 Å². The Kier molecular flexibility index (Phi) is 6.51. The summed E-state index contributed by atoms with van der Waals surface area (Å²) in [4.78, 5) is 15.0. The van der Waals surface area contributed by atoms with Gasteiger partial charge in [-0.1, -0.05) is 60.4 Å². The number of benzene rings is 2. The van der Waals surface area contributed by atoms with E-state index >= 15 is 0 Å². The van der Waals surface area contributed by atoms with Gasteiger partial charge in [-0.25, -0.2) is 0 Å². The number of hydrogen-bond donors (Lipinski definition) is 0. The van der Waals surface area contributed by atoms with Crippen LogP contribution in [0.4, 0.5) is 0 Å². The van der Waals surface area contributed by atoms with Crippen molar-refractivity contribution in [2.45, 2.75) is 12.8 Å². The Hall–Kier alpha value is -1.63. The average Bonchev–Trinajstić information content (AvgIpc) is 2.90. The summed E-state index contributed by atoms with van der Waals surface area (Å²) in [5.74, 6) is 0.746. The minimum atomic E-state index is -0.0139. The zero-order valence-electron chi connectivity index (χ0n) is 14.3. The molecule has 0 unspecified atom stereocenters. The lowest BCUT2D eigenvalue weighted by Gasteiger charge is -2.14. The molecular weight excluding hydrogens is 430 g/mol. The van der Waals surface area contributed by atoms with Gasteiger partial charge in [-0.15, -0.1) is 0 Å². The number of halogens is 1. The smallest absolute Gasteiger partial charge is 0.266 e. The maximum Gasteiger partial charge on any atom is 0.266 e. The lowest BCUT2D eigenvalue weighted by molar-refractivity contribution is -0.122. The highest BCUT2D eigenvalue weighted by molar-refractivity contribution is 9.10. The van der Waals surface area contributed by atoms with Crippen molar-refractivity contribution in [3.63, 3.8) is 0 Å². The Morgan fingerprint density at radius 1 is 1.23 bits per heavy atom. The quantitative estimate of drug-likeness (QED) is 0.444. The molecule has 134 valence electrons. The van der Waals surface area contributed by atoms with Crippen molar-refractivity contribution in [3.05, 3.63) is 69.0 Å². The molecule has 2 aromatic rings. The molecule has 1 heterocycles. The number of methoxy groups -OCH3 is 1. The fraction of sp³-hybridized carbons (Fsp3) is 0.200. The normalized spacial score (nSPS) is 15.8.